The molecule has 0 radical (unpaired) electrons. The number of aromatic nitrogens is 4. The molecular formula is C20H17N5OS. The molecule has 4 aromatic rings. The Labute approximate surface area is 160 Å². The van der Waals surface area contributed by atoms with Crippen molar-refractivity contribution in [2.75, 3.05) is 0 Å². The monoisotopic (exact) mass is 375 g/mol. The lowest BCUT2D eigenvalue weighted by atomic mass is 10.1. The Kier molecular flexibility index (Phi) is 4.76. The van der Waals surface area contributed by atoms with E-state index in [0.717, 1.165) is 16.1 Å². The van der Waals surface area contributed by atoms with Crippen molar-refractivity contribution in [1.82, 2.24) is 25.1 Å². The number of nitrogens with zero attached hydrogens (tertiary/aromatic N) is 4. The number of thiophene rings is 1. The molecule has 27 heavy (non-hydrogen) atoms. The van der Waals surface area contributed by atoms with Gasteiger partial charge >= 0.3 is 0 Å². The van der Waals surface area contributed by atoms with Crippen molar-refractivity contribution in [2.45, 2.75) is 13.5 Å². The maximum atomic E-state index is 12.4. The molecule has 1 amide bonds. The van der Waals surface area contributed by atoms with E-state index in [4.69, 9.17) is 0 Å². The molecule has 4 rings (SSSR count). The summed E-state index contributed by atoms with van der Waals surface area (Å²) in [7, 11) is 0. The van der Waals surface area contributed by atoms with E-state index in [1.165, 1.54) is 0 Å². The van der Waals surface area contributed by atoms with Gasteiger partial charge in [0, 0.05) is 5.57 Å². The molecule has 0 saturated carbocycles. The first-order valence-corrected chi connectivity index (χ1v) is 9.35. The molecule has 0 unspecified atom stereocenters. The molecule has 0 atom stereocenters. The van der Waals surface area contributed by atoms with Crippen molar-refractivity contribution in [3.63, 3.8) is 0 Å². The van der Waals surface area contributed by atoms with Crippen LogP contribution in [0.1, 0.15) is 18.3 Å². The molecule has 0 spiro atoms. The smallest absolute Gasteiger partial charge is 0.247 e. The second kappa shape index (κ2) is 7.51. The second-order valence-electron chi connectivity index (χ2n) is 6.00. The van der Waals surface area contributed by atoms with Gasteiger partial charge in [-0.1, -0.05) is 36.4 Å². The summed E-state index contributed by atoms with van der Waals surface area (Å²) in [6, 6.07) is 17.5. The topological polar surface area (TPSA) is 72.2 Å². The molecule has 0 bridgehead atoms. The van der Waals surface area contributed by atoms with Crippen LogP contribution in [0.15, 0.2) is 65.6 Å². The summed E-state index contributed by atoms with van der Waals surface area (Å²) in [5.41, 5.74) is 3.11. The minimum absolute atomic E-state index is 0.148. The van der Waals surface area contributed by atoms with Gasteiger partial charge in [-0.15, -0.1) is 21.5 Å². The Balaban J connectivity index is 1.51. The van der Waals surface area contributed by atoms with E-state index in [9.17, 15) is 4.79 Å². The average molecular weight is 375 g/mol. The van der Waals surface area contributed by atoms with Crippen molar-refractivity contribution < 1.29 is 4.79 Å². The standard InChI is InChI=1S/C20H17N5OS/c1-14(12-15-6-3-2-4-7-15)20(26)21-13-19-23-22-18-10-9-16(24-25(18)19)17-8-5-11-27-17/h2-12H,13H2,1H3,(H,21,26). The van der Waals surface area contributed by atoms with Gasteiger partial charge in [-0.3, -0.25) is 4.79 Å². The van der Waals surface area contributed by atoms with Crippen molar-refractivity contribution in [3.05, 3.63) is 76.9 Å². The fraction of sp³-hybridized carbons (Fsp3) is 0.100. The zero-order valence-corrected chi connectivity index (χ0v) is 15.5. The summed E-state index contributed by atoms with van der Waals surface area (Å²) in [5, 5.41) is 17.8. The van der Waals surface area contributed by atoms with Crippen LogP contribution in [0.3, 0.4) is 0 Å². The molecule has 0 aliphatic heterocycles. The number of nitrogens with one attached hydrogen (secondary N) is 1. The SMILES string of the molecule is CC(=Cc1ccccc1)C(=O)NCc1nnc2ccc(-c3cccs3)nn12. The van der Waals surface area contributed by atoms with E-state index in [-0.39, 0.29) is 12.5 Å². The quantitative estimate of drug-likeness (QED) is 0.541. The van der Waals surface area contributed by atoms with Gasteiger partial charge in [-0.2, -0.15) is 9.61 Å². The number of carbonyl (C=O) groups excluding carboxylic acids is 1. The molecule has 3 heterocycles. The minimum Gasteiger partial charge on any atom is -0.345 e. The van der Waals surface area contributed by atoms with Crippen molar-refractivity contribution in [3.8, 4) is 10.6 Å². The Bertz CT molecular complexity index is 1100. The fourth-order valence-electron chi connectivity index (χ4n) is 2.66. The van der Waals surface area contributed by atoms with Crippen molar-refractivity contribution in [2.24, 2.45) is 0 Å². The summed E-state index contributed by atoms with van der Waals surface area (Å²) in [6.07, 6.45) is 1.85. The van der Waals surface area contributed by atoms with Crippen LogP contribution in [0.5, 0.6) is 0 Å². The molecule has 0 saturated heterocycles. The van der Waals surface area contributed by atoms with Crippen LogP contribution in [0.4, 0.5) is 0 Å². The van der Waals surface area contributed by atoms with Crippen molar-refractivity contribution >= 4 is 29.0 Å². The fourth-order valence-corrected chi connectivity index (χ4v) is 3.35. The van der Waals surface area contributed by atoms with E-state index in [0.29, 0.717) is 17.0 Å². The number of carbonyl (C=O) groups is 1. The van der Waals surface area contributed by atoms with Crippen LogP contribution in [-0.2, 0) is 11.3 Å². The Morgan fingerprint density at radius 1 is 1.11 bits per heavy atom. The molecular weight excluding hydrogens is 358 g/mol. The van der Waals surface area contributed by atoms with E-state index in [2.05, 4.69) is 20.6 Å². The highest BCUT2D eigenvalue weighted by Crippen LogP contribution is 2.22. The molecule has 7 heteroatoms. The van der Waals surface area contributed by atoms with Crippen molar-refractivity contribution in [1.29, 1.82) is 0 Å². The first kappa shape index (κ1) is 17.1. The Morgan fingerprint density at radius 2 is 1.96 bits per heavy atom. The zero-order valence-electron chi connectivity index (χ0n) is 14.7. The van der Waals surface area contributed by atoms with Gasteiger partial charge in [0.25, 0.3) is 0 Å². The van der Waals surface area contributed by atoms with Crippen LogP contribution >= 0.6 is 11.3 Å². The van der Waals surface area contributed by atoms with Crippen LogP contribution in [0.25, 0.3) is 22.3 Å². The molecule has 3 aromatic heterocycles. The normalized spacial score (nSPS) is 11.7. The maximum absolute atomic E-state index is 12.4. The number of hydrogen-bond donors (Lipinski definition) is 1. The van der Waals surface area contributed by atoms with Crippen LogP contribution < -0.4 is 5.32 Å². The number of hydrogen-bond acceptors (Lipinski definition) is 5. The van der Waals surface area contributed by atoms with Crippen LogP contribution in [-0.4, -0.2) is 25.7 Å². The van der Waals surface area contributed by atoms with E-state index in [1.807, 2.05) is 66.1 Å². The highest BCUT2D eigenvalue weighted by atomic mass is 32.1. The third-order valence-electron chi connectivity index (χ3n) is 4.05. The molecule has 134 valence electrons. The van der Waals surface area contributed by atoms with Gasteiger partial charge < -0.3 is 5.32 Å². The molecule has 0 fully saturated rings. The third-order valence-corrected chi connectivity index (χ3v) is 4.94. The van der Waals surface area contributed by atoms with Gasteiger partial charge in [0.15, 0.2) is 11.5 Å². The summed E-state index contributed by atoms with van der Waals surface area (Å²) in [6.45, 7) is 2.04. The van der Waals surface area contributed by atoms with E-state index < -0.39 is 0 Å². The lowest BCUT2D eigenvalue weighted by Crippen LogP contribution is -2.24. The molecule has 1 aromatic carbocycles. The molecule has 1 N–H and O–H groups in total. The Morgan fingerprint density at radius 3 is 2.74 bits per heavy atom. The predicted octanol–water partition coefficient (Wildman–Crippen LogP) is 3.57. The first-order chi connectivity index (χ1) is 13.2. The second-order valence-corrected chi connectivity index (χ2v) is 6.95. The van der Waals surface area contributed by atoms with Gasteiger partial charge in [-0.05, 0) is 42.1 Å². The molecule has 0 aliphatic carbocycles. The highest BCUT2D eigenvalue weighted by Gasteiger charge is 2.11. The van der Waals surface area contributed by atoms with E-state index in [1.54, 1.807) is 22.8 Å². The minimum atomic E-state index is -0.148. The number of amides is 1. The van der Waals surface area contributed by atoms with Gasteiger partial charge in [0.1, 0.15) is 5.69 Å². The lowest BCUT2D eigenvalue weighted by Gasteiger charge is -2.05. The van der Waals surface area contributed by atoms with E-state index >= 15 is 0 Å². The number of fused-ring (bicyclic) bond motifs is 1. The number of rotatable bonds is 5. The average Bonchev–Trinajstić information content (AvgIpc) is 3.36. The molecule has 6 nitrogen and oxygen atoms in total. The zero-order chi connectivity index (χ0) is 18.6. The summed E-state index contributed by atoms with van der Waals surface area (Å²) in [4.78, 5) is 13.4. The number of benzene rings is 1. The van der Waals surface area contributed by atoms with Gasteiger partial charge in [0.2, 0.25) is 5.91 Å². The molecule has 0 aliphatic rings. The van der Waals surface area contributed by atoms with Crippen LogP contribution in [0.2, 0.25) is 0 Å². The predicted molar refractivity (Wildman–Crippen MR) is 106 cm³/mol. The first-order valence-electron chi connectivity index (χ1n) is 8.47. The summed E-state index contributed by atoms with van der Waals surface area (Å²) < 4.78 is 1.67. The summed E-state index contributed by atoms with van der Waals surface area (Å²) in [5.74, 6) is 0.439. The van der Waals surface area contributed by atoms with Gasteiger partial charge in [-0.25, -0.2) is 0 Å². The highest BCUT2D eigenvalue weighted by molar-refractivity contribution is 7.13. The third kappa shape index (κ3) is 3.78. The largest absolute Gasteiger partial charge is 0.345 e. The van der Waals surface area contributed by atoms with Gasteiger partial charge in [0.05, 0.1) is 11.4 Å². The summed E-state index contributed by atoms with van der Waals surface area (Å²) >= 11 is 1.62. The van der Waals surface area contributed by atoms with Crippen LogP contribution in [0, 0.1) is 0 Å². The maximum Gasteiger partial charge on any atom is 0.247 e. The Hall–Kier alpha value is -3.32. The lowest BCUT2D eigenvalue weighted by molar-refractivity contribution is -0.117.